The van der Waals surface area contributed by atoms with E-state index in [1.165, 1.54) is 0 Å². The Morgan fingerprint density at radius 3 is 2.67 bits per heavy atom. The zero-order valence-electron chi connectivity index (χ0n) is 9.94. The molecule has 86 valence electrons. The first kappa shape index (κ1) is 13.8. The van der Waals surface area contributed by atoms with E-state index in [-0.39, 0.29) is 0 Å². The van der Waals surface area contributed by atoms with Gasteiger partial charge in [0.1, 0.15) is 5.76 Å². The van der Waals surface area contributed by atoms with E-state index in [0.29, 0.717) is 6.54 Å². The molecule has 0 amide bonds. The lowest BCUT2D eigenvalue weighted by molar-refractivity contribution is 0.307. The summed E-state index contributed by atoms with van der Waals surface area (Å²) < 4.78 is 5.15. The summed E-state index contributed by atoms with van der Waals surface area (Å²) in [5.41, 5.74) is 5.48. The molecular formula is C12H22N2O. The fourth-order valence-corrected chi connectivity index (χ4v) is 1.12. The first-order valence-electron chi connectivity index (χ1n) is 5.27. The number of likely N-dealkylation sites (N-methyl/N-ethyl adjacent to an activating group) is 1. The van der Waals surface area contributed by atoms with E-state index in [9.17, 15) is 0 Å². The average molecular weight is 210 g/mol. The minimum Gasteiger partial charge on any atom is -0.497 e. The maximum atomic E-state index is 5.48. The molecule has 0 saturated heterocycles. The van der Waals surface area contributed by atoms with Gasteiger partial charge < -0.3 is 15.4 Å². The van der Waals surface area contributed by atoms with E-state index in [4.69, 9.17) is 10.5 Å². The first-order chi connectivity index (χ1) is 7.28. The van der Waals surface area contributed by atoms with Gasteiger partial charge in [-0.2, -0.15) is 0 Å². The third kappa shape index (κ3) is 6.80. The maximum absolute atomic E-state index is 5.48. The first-order valence-corrected chi connectivity index (χ1v) is 5.27. The second-order valence-corrected chi connectivity index (χ2v) is 3.03. The van der Waals surface area contributed by atoms with Crippen LogP contribution in [0.1, 0.15) is 13.8 Å². The van der Waals surface area contributed by atoms with Crippen LogP contribution in [0.3, 0.4) is 0 Å². The Labute approximate surface area is 92.9 Å². The number of hydrogen-bond acceptors (Lipinski definition) is 3. The summed E-state index contributed by atoms with van der Waals surface area (Å²) in [5, 5.41) is 0. The number of allylic oxidation sites excluding steroid dienone is 4. The van der Waals surface area contributed by atoms with Gasteiger partial charge in [-0.05, 0) is 38.3 Å². The van der Waals surface area contributed by atoms with Crippen LogP contribution in [0.25, 0.3) is 0 Å². The minimum absolute atomic E-state index is 0.674. The smallest absolute Gasteiger partial charge is 0.118 e. The van der Waals surface area contributed by atoms with Crippen LogP contribution in [0.15, 0.2) is 36.3 Å². The minimum atomic E-state index is 0.674. The SMILES string of the molecule is C\C=C/C(=C\C=C\N(CC)CCN)OC. The van der Waals surface area contributed by atoms with Crippen molar-refractivity contribution in [3.8, 4) is 0 Å². The van der Waals surface area contributed by atoms with Crippen molar-refractivity contribution in [2.24, 2.45) is 5.73 Å². The van der Waals surface area contributed by atoms with E-state index >= 15 is 0 Å². The lowest BCUT2D eigenvalue weighted by atomic mass is 10.4. The number of nitrogens with zero attached hydrogens (tertiary/aromatic N) is 1. The van der Waals surface area contributed by atoms with Crippen molar-refractivity contribution in [1.29, 1.82) is 0 Å². The molecule has 0 atom stereocenters. The molecule has 0 aromatic carbocycles. The summed E-state index contributed by atoms with van der Waals surface area (Å²) in [4.78, 5) is 2.15. The third-order valence-corrected chi connectivity index (χ3v) is 1.95. The number of hydrogen-bond donors (Lipinski definition) is 1. The lowest BCUT2D eigenvalue weighted by Crippen LogP contribution is -2.24. The molecule has 0 aromatic rings. The van der Waals surface area contributed by atoms with Crippen LogP contribution in [0.5, 0.6) is 0 Å². The highest BCUT2D eigenvalue weighted by Crippen LogP contribution is 1.98. The predicted molar refractivity (Wildman–Crippen MR) is 65.3 cm³/mol. The van der Waals surface area contributed by atoms with Crippen LogP contribution in [-0.4, -0.2) is 31.6 Å². The molecule has 0 heterocycles. The monoisotopic (exact) mass is 210 g/mol. The molecule has 0 aliphatic rings. The van der Waals surface area contributed by atoms with Gasteiger partial charge in [-0.15, -0.1) is 0 Å². The summed E-state index contributed by atoms with van der Waals surface area (Å²) >= 11 is 0. The summed E-state index contributed by atoms with van der Waals surface area (Å²) in [6.07, 6.45) is 9.79. The van der Waals surface area contributed by atoms with Crippen molar-refractivity contribution in [3.05, 3.63) is 36.3 Å². The highest BCUT2D eigenvalue weighted by atomic mass is 16.5. The standard InChI is InChI=1S/C12H22N2O/c1-4-7-12(15-3)8-6-10-14(5-2)11-9-13/h4,6-8,10H,5,9,11,13H2,1-3H3/b7-4-,10-6+,12-8+. The third-order valence-electron chi connectivity index (χ3n) is 1.95. The topological polar surface area (TPSA) is 38.5 Å². The predicted octanol–water partition coefficient (Wildman–Crippen LogP) is 1.89. The fourth-order valence-electron chi connectivity index (χ4n) is 1.12. The van der Waals surface area contributed by atoms with Crippen molar-refractivity contribution >= 4 is 0 Å². The van der Waals surface area contributed by atoms with Gasteiger partial charge in [0.15, 0.2) is 0 Å². The van der Waals surface area contributed by atoms with Crippen molar-refractivity contribution in [3.63, 3.8) is 0 Å². The van der Waals surface area contributed by atoms with Crippen molar-refractivity contribution in [2.75, 3.05) is 26.7 Å². The van der Waals surface area contributed by atoms with Crippen LogP contribution in [-0.2, 0) is 4.74 Å². The normalized spacial score (nSPS) is 12.7. The maximum Gasteiger partial charge on any atom is 0.118 e. The zero-order valence-corrected chi connectivity index (χ0v) is 9.94. The van der Waals surface area contributed by atoms with Gasteiger partial charge in [0, 0.05) is 19.6 Å². The molecule has 3 heteroatoms. The van der Waals surface area contributed by atoms with Crippen molar-refractivity contribution < 1.29 is 4.74 Å². The Morgan fingerprint density at radius 2 is 2.20 bits per heavy atom. The van der Waals surface area contributed by atoms with Gasteiger partial charge in [-0.25, -0.2) is 0 Å². The molecule has 0 saturated carbocycles. The number of methoxy groups -OCH3 is 1. The summed E-state index contributed by atoms with van der Waals surface area (Å²) in [6, 6.07) is 0. The molecule has 0 unspecified atom stereocenters. The number of ether oxygens (including phenoxy) is 1. The molecule has 0 bridgehead atoms. The quantitative estimate of drug-likeness (QED) is 0.515. The molecular weight excluding hydrogens is 188 g/mol. The molecule has 0 rings (SSSR count). The van der Waals surface area contributed by atoms with Crippen LogP contribution in [0, 0.1) is 0 Å². The van der Waals surface area contributed by atoms with Crippen molar-refractivity contribution in [2.45, 2.75) is 13.8 Å². The Morgan fingerprint density at radius 1 is 1.47 bits per heavy atom. The lowest BCUT2D eigenvalue weighted by Gasteiger charge is -2.15. The zero-order chi connectivity index (χ0) is 11.5. The Kier molecular flexibility index (Phi) is 8.58. The number of nitrogens with two attached hydrogens (primary N) is 1. The highest BCUT2D eigenvalue weighted by molar-refractivity contribution is 5.17. The van der Waals surface area contributed by atoms with E-state index in [0.717, 1.165) is 18.8 Å². The molecule has 0 aliphatic carbocycles. The summed E-state index contributed by atoms with van der Waals surface area (Å²) in [7, 11) is 1.66. The number of rotatable bonds is 7. The molecule has 0 aromatic heterocycles. The Hall–Kier alpha value is -1.22. The van der Waals surface area contributed by atoms with Crippen LogP contribution in [0.2, 0.25) is 0 Å². The molecule has 0 fully saturated rings. The second kappa shape index (κ2) is 9.34. The highest BCUT2D eigenvalue weighted by Gasteiger charge is 1.91. The molecule has 2 N–H and O–H groups in total. The van der Waals surface area contributed by atoms with Gasteiger partial charge in [0.05, 0.1) is 7.11 Å². The average Bonchev–Trinajstić information content (AvgIpc) is 2.26. The Balaban J connectivity index is 4.23. The summed E-state index contributed by atoms with van der Waals surface area (Å²) in [6.45, 7) is 6.59. The van der Waals surface area contributed by atoms with Gasteiger partial charge in [-0.1, -0.05) is 6.08 Å². The van der Waals surface area contributed by atoms with Crippen LogP contribution < -0.4 is 5.73 Å². The largest absolute Gasteiger partial charge is 0.497 e. The van der Waals surface area contributed by atoms with Gasteiger partial charge in [0.25, 0.3) is 0 Å². The van der Waals surface area contributed by atoms with Gasteiger partial charge >= 0.3 is 0 Å². The van der Waals surface area contributed by atoms with E-state index in [1.54, 1.807) is 7.11 Å². The molecule has 0 radical (unpaired) electrons. The second-order valence-electron chi connectivity index (χ2n) is 3.03. The van der Waals surface area contributed by atoms with E-state index in [2.05, 4.69) is 11.8 Å². The molecule has 3 nitrogen and oxygen atoms in total. The van der Waals surface area contributed by atoms with Crippen molar-refractivity contribution in [1.82, 2.24) is 4.90 Å². The van der Waals surface area contributed by atoms with E-state index in [1.807, 2.05) is 37.4 Å². The molecule has 15 heavy (non-hydrogen) atoms. The Bertz CT molecular complexity index is 232. The van der Waals surface area contributed by atoms with Crippen LogP contribution in [0.4, 0.5) is 0 Å². The summed E-state index contributed by atoms with van der Waals surface area (Å²) in [5.74, 6) is 0.845. The van der Waals surface area contributed by atoms with Crippen LogP contribution >= 0.6 is 0 Å². The molecule has 0 spiro atoms. The van der Waals surface area contributed by atoms with E-state index < -0.39 is 0 Å². The molecule has 0 aliphatic heterocycles. The van der Waals surface area contributed by atoms with Gasteiger partial charge in [0.2, 0.25) is 0 Å². The van der Waals surface area contributed by atoms with Gasteiger partial charge in [-0.3, -0.25) is 0 Å². The fraction of sp³-hybridized carbons (Fsp3) is 0.500.